The van der Waals surface area contributed by atoms with Crippen molar-refractivity contribution in [2.24, 2.45) is 0 Å². The van der Waals surface area contributed by atoms with E-state index in [9.17, 15) is 8.78 Å². The van der Waals surface area contributed by atoms with Crippen molar-refractivity contribution in [3.8, 4) is 5.75 Å². The summed E-state index contributed by atoms with van der Waals surface area (Å²) >= 11 is 5.42. The van der Waals surface area contributed by atoms with Crippen molar-refractivity contribution in [2.45, 2.75) is 6.61 Å². The molecular formula is C8H7ClF2O2. The van der Waals surface area contributed by atoms with Gasteiger partial charge in [0.15, 0.2) is 17.4 Å². The van der Waals surface area contributed by atoms with E-state index in [4.69, 9.17) is 16.7 Å². The Morgan fingerprint density at radius 2 is 2.08 bits per heavy atom. The lowest BCUT2D eigenvalue weighted by Crippen LogP contribution is -1.99. The molecule has 0 saturated carbocycles. The molecule has 0 spiro atoms. The first-order valence-corrected chi connectivity index (χ1v) is 3.80. The zero-order valence-electron chi connectivity index (χ0n) is 6.77. The molecule has 0 bridgehead atoms. The quantitative estimate of drug-likeness (QED) is 0.755. The zero-order valence-corrected chi connectivity index (χ0v) is 7.53. The molecule has 72 valence electrons. The van der Waals surface area contributed by atoms with Crippen LogP contribution in [0, 0.1) is 11.6 Å². The number of methoxy groups -OCH3 is 1. The van der Waals surface area contributed by atoms with Gasteiger partial charge in [0.25, 0.3) is 0 Å². The van der Waals surface area contributed by atoms with E-state index in [0.717, 1.165) is 13.2 Å². The molecule has 0 unspecified atom stereocenters. The molecule has 1 rings (SSSR count). The molecular weight excluding hydrogens is 202 g/mol. The third-order valence-electron chi connectivity index (χ3n) is 1.57. The molecule has 0 radical (unpaired) electrons. The molecule has 1 aromatic carbocycles. The van der Waals surface area contributed by atoms with Gasteiger partial charge in [-0.2, -0.15) is 0 Å². The number of ether oxygens (including phenoxy) is 1. The fourth-order valence-corrected chi connectivity index (χ4v) is 1.14. The molecule has 0 heterocycles. The average molecular weight is 209 g/mol. The van der Waals surface area contributed by atoms with Gasteiger partial charge < -0.3 is 9.84 Å². The summed E-state index contributed by atoms with van der Waals surface area (Å²) in [5.74, 6) is -2.46. The molecule has 0 aliphatic heterocycles. The van der Waals surface area contributed by atoms with Gasteiger partial charge in [-0.15, -0.1) is 0 Å². The minimum Gasteiger partial charge on any atom is -0.491 e. The Kier molecular flexibility index (Phi) is 3.06. The Balaban J connectivity index is 3.39. The van der Waals surface area contributed by atoms with Gasteiger partial charge in [0.2, 0.25) is 0 Å². The Morgan fingerprint density at radius 1 is 1.46 bits per heavy atom. The van der Waals surface area contributed by atoms with E-state index in [0.29, 0.717) is 0 Å². The van der Waals surface area contributed by atoms with Gasteiger partial charge in [-0.25, -0.2) is 8.78 Å². The summed E-state index contributed by atoms with van der Waals surface area (Å²) in [7, 11) is 1.12. The summed E-state index contributed by atoms with van der Waals surface area (Å²) in [5.41, 5.74) is -0.0942. The number of benzene rings is 1. The van der Waals surface area contributed by atoms with E-state index in [1.807, 2.05) is 0 Å². The molecule has 1 aromatic rings. The third kappa shape index (κ3) is 1.73. The van der Waals surface area contributed by atoms with Crippen LogP contribution >= 0.6 is 11.6 Å². The fraction of sp³-hybridized carbons (Fsp3) is 0.250. The van der Waals surface area contributed by atoms with Crippen molar-refractivity contribution in [2.75, 3.05) is 7.11 Å². The zero-order chi connectivity index (χ0) is 10.0. The molecule has 0 atom stereocenters. The van der Waals surface area contributed by atoms with Crippen LogP contribution in [0.1, 0.15) is 5.56 Å². The number of hydrogen-bond acceptors (Lipinski definition) is 2. The molecule has 13 heavy (non-hydrogen) atoms. The molecule has 0 aliphatic carbocycles. The van der Waals surface area contributed by atoms with Crippen molar-refractivity contribution in [3.63, 3.8) is 0 Å². The highest BCUT2D eigenvalue weighted by Gasteiger charge is 2.17. The summed E-state index contributed by atoms with van der Waals surface area (Å²) in [6.07, 6.45) is 0. The molecule has 1 N–H and O–H groups in total. The second kappa shape index (κ2) is 3.89. The Bertz CT molecular complexity index is 328. The van der Waals surface area contributed by atoms with Gasteiger partial charge in [-0.3, -0.25) is 0 Å². The first-order chi connectivity index (χ1) is 6.11. The summed E-state index contributed by atoms with van der Waals surface area (Å²) < 4.78 is 30.6. The van der Waals surface area contributed by atoms with E-state index in [1.165, 1.54) is 0 Å². The molecule has 2 nitrogen and oxygen atoms in total. The van der Waals surface area contributed by atoms with Gasteiger partial charge >= 0.3 is 0 Å². The van der Waals surface area contributed by atoms with Crippen LogP contribution in [0.25, 0.3) is 0 Å². The van der Waals surface area contributed by atoms with Crippen molar-refractivity contribution in [1.29, 1.82) is 0 Å². The normalized spacial score (nSPS) is 10.2. The standard InChI is InChI=1S/C8H7ClF2O2/c1-13-8-6(10)4(3-12)2-5(9)7(8)11/h2,12H,3H2,1H3. The molecule has 0 aromatic heterocycles. The van der Waals surface area contributed by atoms with Crippen molar-refractivity contribution < 1.29 is 18.6 Å². The van der Waals surface area contributed by atoms with E-state index >= 15 is 0 Å². The molecule has 0 saturated heterocycles. The third-order valence-corrected chi connectivity index (χ3v) is 1.84. The summed E-state index contributed by atoms with van der Waals surface area (Å²) in [4.78, 5) is 0. The van der Waals surface area contributed by atoms with Crippen LogP contribution in [-0.4, -0.2) is 12.2 Å². The summed E-state index contributed by atoms with van der Waals surface area (Å²) in [5, 5.41) is 8.40. The van der Waals surface area contributed by atoms with E-state index in [-0.39, 0.29) is 10.6 Å². The summed E-state index contributed by atoms with van der Waals surface area (Å²) in [6.45, 7) is -0.553. The van der Waals surface area contributed by atoms with Crippen LogP contribution in [0.5, 0.6) is 5.75 Å². The van der Waals surface area contributed by atoms with Crippen LogP contribution in [0.15, 0.2) is 6.07 Å². The van der Waals surface area contributed by atoms with Crippen molar-refractivity contribution >= 4 is 11.6 Å². The molecule has 5 heteroatoms. The lowest BCUT2D eigenvalue weighted by Gasteiger charge is -2.07. The average Bonchev–Trinajstić information content (AvgIpc) is 2.12. The minimum absolute atomic E-state index is 0.0942. The second-order valence-corrected chi connectivity index (χ2v) is 2.74. The molecule has 0 fully saturated rings. The second-order valence-electron chi connectivity index (χ2n) is 2.34. The first kappa shape index (κ1) is 10.2. The van der Waals surface area contributed by atoms with Crippen molar-refractivity contribution in [1.82, 2.24) is 0 Å². The molecule has 0 aliphatic rings. The van der Waals surface area contributed by atoms with Crippen LogP contribution in [0.2, 0.25) is 5.02 Å². The smallest absolute Gasteiger partial charge is 0.192 e. The topological polar surface area (TPSA) is 29.5 Å². The SMILES string of the molecule is COc1c(F)c(Cl)cc(CO)c1F. The predicted octanol–water partition coefficient (Wildman–Crippen LogP) is 2.12. The number of aliphatic hydroxyl groups is 1. The van der Waals surface area contributed by atoms with Crippen molar-refractivity contribution in [3.05, 3.63) is 28.3 Å². The Hall–Kier alpha value is -0.870. The predicted molar refractivity (Wildman–Crippen MR) is 43.8 cm³/mol. The van der Waals surface area contributed by atoms with Gasteiger partial charge in [0.05, 0.1) is 18.7 Å². The largest absolute Gasteiger partial charge is 0.491 e. The highest BCUT2D eigenvalue weighted by molar-refractivity contribution is 6.31. The highest BCUT2D eigenvalue weighted by atomic mass is 35.5. The first-order valence-electron chi connectivity index (χ1n) is 3.43. The maximum atomic E-state index is 13.1. The van der Waals surface area contributed by atoms with Gasteiger partial charge in [0.1, 0.15) is 0 Å². The number of rotatable bonds is 2. The lowest BCUT2D eigenvalue weighted by molar-refractivity contribution is 0.271. The van der Waals surface area contributed by atoms with Crippen LogP contribution in [-0.2, 0) is 6.61 Å². The van der Waals surface area contributed by atoms with E-state index < -0.39 is 24.0 Å². The molecule has 0 amide bonds. The van der Waals surface area contributed by atoms with E-state index in [1.54, 1.807) is 0 Å². The fourth-order valence-electron chi connectivity index (χ4n) is 0.925. The summed E-state index contributed by atoms with van der Waals surface area (Å²) in [6, 6.07) is 1.02. The van der Waals surface area contributed by atoms with Crippen LogP contribution in [0.3, 0.4) is 0 Å². The van der Waals surface area contributed by atoms with Gasteiger partial charge in [-0.1, -0.05) is 11.6 Å². The maximum absolute atomic E-state index is 13.1. The highest BCUT2D eigenvalue weighted by Crippen LogP contribution is 2.30. The van der Waals surface area contributed by atoms with E-state index in [2.05, 4.69) is 4.74 Å². The maximum Gasteiger partial charge on any atom is 0.192 e. The Labute approximate surface area is 78.7 Å². The monoisotopic (exact) mass is 208 g/mol. The number of aliphatic hydroxyl groups excluding tert-OH is 1. The minimum atomic E-state index is -0.959. The Morgan fingerprint density at radius 3 is 2.54 bits per heavy atom. The van der Waals surface area contributed by atoms with Crippen LogP contribution < -0.4 is 4.74 Å². The van der Waals surface area contributed by atoms with Gasteiger partial charge in [0, 0.05) is 5.56 Å². The number of hydrogen-bond donors (Lipinski definition) is 1. The van der Waals surface area contributed by atoms with Gasteiger partial charge in [-0.05, 0) is 6.07 Å². The lowest BCUT2D eigenvalue weighted by atomic mass is 10.2. The number of halogens is 3. The van der Waals surface area contributed by atoms with Crippen LogP contribution in [0.4, 0.5) is 8.78 Å².